The van der Waals surface area contributed by atoms with Crippen molar-refractivity contribution in [3.05, 3.63) is 23.8 Å². The van der Waals surface area contributed by atoms with Crippen LogP contribution in [0.5, 0.6) is 11.5 Å². The third-order valence-corrected chi connectivity index (χ3v) is 3.69. The second-order valence-electron chi connectivity index (χ2n) is 5.62. The van der Waals surface area contributed by atoms with Gasteiger partial charge in [-0.2, -0.15) is 0 Å². The Morgan fingerprint density at radius 3 is 2.90 bits per heavy atom. The van der Waals surface area contributed by atoms with Crippen LogP contribution < -0.4 is 14.8 Å². The molecule has 1 aromatic rings. The molecule has 0 unspecified atom stereocenters. The molecule has 21 heavy (non-hydrogen) atoms. The van der Waals surface area contributed by atoms with Crippen molar-refractivity contribution in [3.8, 4) is 11.5 Å². The zero-order chi connectivity index (χ0) is 15.1. The Labute approximate surface area is 126 Å². The van der Waals surface area contributed by atoms with E-state index in [0.29, 0.717) is 32.8 Å². The van der Waals surface area contributed by atoms with Gasteiger partial charge in [0.2, 0.25) is 0 Å². The Kier molecular flexibility index (Phi) is 5.85. The summed E-state index contributed by atoms with van der Waals surface area (Å²) in [7, 11) is 1.67. The van der Waals surface area contributed by atoms with Crippen LogP contribution in [-0.2, 0) is 11.3 Å². The molecule has 0 fully saturated rings. The summed E-state index contributed by atoms with van der Waals surface area (Å²) in [6.45, 7) is 4.73. The van der Waals surface area contributed by atoms with E-state index in [-0.39, 0.29) is 12.1 Å². The van der Waals surface area contributed by atoms with E-state index < -0.39 is 0 Å². The number of fused-ring (bicyclic) bond motifs is 1. The van der Waals surface area contributed by atoms with Crippen molar-refractivity contribution in [2.24, 2.45) is 0 Å². The van der Waals surface area contributed by atoms with Crippen molar-refractivity contribution >= 4 is 0 Å². The third-order valence-electron chi connectivity index (χ3n) is 3.69. The lowest BCUT2D eigenvalue weighted by atomic mass is 9.98. The van der Waals surface area contributed by atoms with E-state index in [2.05, 4.69) is 5.32 Å². The molecule has 0 saturated heterocycles. The van der Waals surface area contributed by atoms with Crippen LogP contribution in [-0.4, -0.2) is 44.2 Å². The van der Waals surface area contributed by atoms with E-state index in [0.717, 1.165) is 23.5 Å². The molecule has 5 heteroatoms. The highest BCUT2D eigenvalue weighted by molar-refractivity contribution is 5.47. The van der Waals surface area contributed by atoms with Crippen molar-refractivity contribution in [1.29, 1.82) is 0 Å². The van der Waals surface area contributed by atoms with Gasteiger partial charge < -0.3 is 24.6 Å². The van der Waals surface area contributed by atoms with Gasteiger partial charge >= 0.3 is 0 Å². The SMILES string of the molecule is COC[C@](C)(CCO)NCc1cccc2c1OCCCO2. The number of aliphatic hydroxyl groups excluding tert-OH is 1. The number of methoxy groups -OCH3 is 1. The van der Waals surface area contributed by atoms with E-state index in [9.17, 15) is 5.11 Å². The molecule has 2 N–H and O–H groups in total. The lowest BCUT2D eigenvalue weighted by Crippen LogP contribution is -2.46. The maximum Gasteiger partial charge on any atom is 0.165 e. The fourth-order valence-corrected chi connectivity index (χ4v) is 2.48. The predicted molar refractivity (Wildman–Crippen MR) is 80.9 cm³/mol. The summed E-state index contributed by atoms with van der Waals surface area (Å²) in [4.78, 5) is 0. The van der Waals surface area contributed by atoms with Crippen LogP contribution in [0, 0.1) is 0 Å². The predicted octanol–water partition coefficient (Wildman–Crippen LogP) is 1.72. The molecule has 0 bridgehead atoms. The maximum atomic E-state index is 9.21. The van der Waals surface area contributed by atoms with Gasteiger partial charge in [-0.1, -0.05) is 12.1 Å². The van der Waals surface area contributed by atoms with Gasteiger partial charge in [-0.05, 0) is 19.4 Å². The Balaban J connectivity index is 2.09. The second kappa shape index (κ2) is 7.64. The summed E-state index contributed by atoms with van der Waals surface area (Å²) in [5.74, 6) is 1.63. The van der Waals surface area contributed by atoms with Gasteiger partial charge in [-0.3, -0.25) is 0 Å². The summed E-state index contributed by atoms with van der Waals surface area (Å²) in [5, 5.41) is 12.7. The van der Waals surface area contributed by atoms with Gasteiger partial charge in [-0.25, -0.2) is 0 Å². The molecule has 0 aromatic heterocycles. The van der Waals surface area contributed by atoms with E-state index in [1.807, 2.05) is 25.1 Å². The highest BCUT2D eigenvalue weighted by Gasteiger charge is 2.24. The van der Waals surface area contributed by atoms with Crippen LogP contribution in [0.4, 0.5) is 0 Å². The standard InChI is InChI=1S/C16H25NO4/c1-16(7-8-18,12-19-2)17-11-13-5-3-6-14-15(13)21-10-4-9-20-14/h3,5-6,17-18H,4,7-12H2,1-2H3/t16-/m0/s1. The van der Waals surface area contributed by atoms with E-state index >= 15 is 0 Å². The van der Waals surface area contributed by atoms with Gasteiger partial charge in [0.05, 0.1) is 19.8 Å². The Morgan fingerprint density at radius 2 is 2.14 bits per heavy atom. The molecule has 1 aliphatic rings. The van der Waals surface area contributed by atoms with E-state index in [4.69, 9.17) is 14.2 Å². The lowest BCUT2D eigenvalue weighted by molar-refractivity contribution is 0.0967. The first-order valence-corrected chi connectivity index (χ1v) is 7.41. The molecule has 0 amide bonds. The number of nitrogens with one attached hydrogen (secondary N) is 1. The highest BCUT2D eigenvalue weighted by Crippen LogP contribution is 2.33. The van der Waals surface area contributed by atoms with Crippen LogP contribution in [0.2, 0.25) is 0 Å². The van der Waals surface area contributed by atoms with Gasteiger partial charge in [0.1, 0.15) is 0 Å². The zero-order valence-electron chi connectivity index (χ0n) is 12.9. The molecular formula is C16H25NO4. The number of rotatable bonds is 7. The molecular weight excluding hydrogens is 270 g/mol. The minimum atomic E-state index is -0.266. The number of hydrogen-bond donors (Lipinski definition) is 2. The summed E-state index contributed by atoms with van der Waals surface area (Å²) < 4.78 is 16.8. The summed E-state index contributed by atoms with van der Waals surface area (Å²) in [6.07, 6.45) is 1.53. The monoisotopic (exact) mass is 295 g/mol. The average Bonchev–Trinajstić information content (AvgIpc) is 2.71. The first-order valence-electron chi connectivity index (χ1n) is 7.41. The number of hydrogen-bond acceptors (Lipinski definition) is 5. The van der Waals surface area contributed by atoms with Crippen LogP contribution in [0.3, 0.4) is 0 Å². The molecule has 0 saturated carbocycles. The van der Waals surface area contributed by atoms with Crippen LogP contribution >= 0.6 is 0 Å². The van der Waals surface area contributed by atoms with Crippen molar-refractivity contribution < 1.29 is 19.3 Å². The fourth-order valence-electron chi connectivity index (χ4n) is 2.48. The van der Waals surface area contributed by atoms with Crippen LogP contribution in [0.1, 0.15) is 25.3 Å². The first-order chi connectivity index (χ1) is 10.2. The summed E-state index contributed by atoms with van der Waals surface area (Å²) >= 11 is 0. The quantitative estimate of drug-likeness (QED) is 0.802. The summed E-state index contributed by atoms with van der Waals surface area (Å²) in [6, 6.07) is 5.95. The molecule has 1 atom stereocenters. The zero-order valence-corrected chi connectivity index (χ0v) is 12.9. The number of benzene rings is 1. The molecule has 0 spiro atoms. The van der Waals surface area contributed by atoms with Gasteiger partial charge in [0.15, 0.2) is 11.5 Å². The minimum Gasteiger partial charge on any atom is -0.490 e. The first kappa shape index (κ1) is 16.1. The maximum absolute atomic E-state index is 9.21. The number of ether oxygens (including phenoxy) is 3. The van der Waals surface area contributed by atoms with Gasteiger partial charge in [0, 0.05) is 37.8 Å². The third kappa shape index (κ3) is 4.33. The Morgan fingerprint density at radius 1 is 1.33 bits per heavy atom. The van der Waals surface area contributed by atoms with E-state index in [1.165, 1.54) is 0 Å². The fraction of sp³-hybridized carbons (Fsp3) is 0.625. The molecule has 2 rings (SSSR count). The Hall–Kier alpha value is -1.30. The van der Waals surface area contributed by atoms with Gasteiger partial charge in [0.25, 0.3) is 0 Å². The molecule has 1 heterocycles. The molecule has 0 radical (unpaired) electrons. The van der Waals surface area contributed by atoms with Gasteiger partial charge in [-0.15, -0.1) is 0 Å². The smallest absolute Gasteiger partial charge is 0.165 e. The second-order valence-corrected chi connectivity index (χ2v) is 5.62. The average molecular weight is 295 g/mol. The summed E-state index contributed by atoms with van der Waals surface area (Å²) in [5.41, 5.74) is 0.798. The molecule has 0 aliphatic carbocycles. The van der Waals surface area contributed by atoms with Crippen LogP contribution in [0.25, 0.3) is 0 Å². The van der Waals surface area contributed by atoms with Crippen molar-refractivity contribution in [3.63, 3.8) is 0 Å². The van der Waals surface area contributed by atoms with Crippen molar-refractivity contribution in [1.82, 2.24) is 5.32 Å². The normalized spacial score (nSPS) is 17.1. The topological polar surface area (TPSA) is 60.0 Å². The molecule has 118 valence electrons. The molecule has 1 aromatic carbocycles. The molecule has 1 aliphatic heterocycles. The Bertz CT molecular complexity index is 444. The molecule has 5 nitrogen and oxygen atoms in total. The van der Waals surface area contributed by atoms with E-state index in [1.54, 1.807) is 7.11 Å². The largest absolute Gasteiger partial charge is 0.490 e. The lowest BCUT2D eigenvalue weighted by Gasteiger charge is -2.30. The van der Waals surface area contributed by atoms with Crippen molar-refractivity contribution in [2.75, 3.05) is 33.5 Å². The van der Waals surface area contributed by atoms with Crippen molar-refractivity contribution in [2.45, 2.75) is 31.8 Å². The van der Waals surface area contributed by atoms with Crippen LogP contribution in [0.15, 0.2) is 18.2 Å². The number of aliphatic hydroxyl groups is 1. The minimum absolute atomic E-state index is 0.124. The number of para-hydroxylation sites is 1. The highest BCUT2D eigenvalue weighted by atomic mass is 16.5.